The molecule has 1 aliphatic rings. The number of rotatable bonds is 6. The summed E-state index contributed by atoms with van der Waals surface area (Å²) in [6.45, 7) is 0. The summed E-state index contributed by atoms with van der Waals surface area (Å²) < 4.78 is 0.932. The number of fused-ring (bicyclic) bond motifs is 1. The molecule has 2 heterocycles. The van der Waals surface area contributed by atoms with Gasteiger partial charge >= 0.3 is 0 Å². The van der Waals surface area contributed by atoms with Gasteiger partial charge in [0.25, 0.3) is 0 Å². The first kappa shape index (κ1) is 19.4. The fraction of sp³-hybridized carbons (Fsp3) is 0.182. The van der Waals surface area contributed by atoms with Crippen molar-refractivity contribution in [2.75, 3.05) is 5.32 Å². The van der Waals surface area contributed by atoms with Gasteiger partial charge in [-0.15, -0.1) is 11.3 Å². The molecule has 0 spiro atoms. The lowest BCUT2D eigenvalue weighted by Crippen LogP contribution is -2.27. The highest BCUT2D eigenvalue weighted by Crippen LogP contribution is 2.49. The van der Waals surface area contributed by atoms with Crippen LogP contribution in [0.15, 0.2) is 53.4 Å². The van der Waals surface area contributed by atoms with Crippen LogP contribution in [0.4, 0.5) is 5.13 Å². The summed E-state index contributed by atoms with van der Waals surface area (Å²) in [5.41, 5.74) is 4.27. The van der Waals surface area contributed by atoms with E-state index >= 15 is 0 Å². The smallest absolute Gasteiger partial charge is 0.236 e. The van der Waals surface area contributed by atoms with Crippen LogP contribution in [0.3, 0.4) is 0 Å². The molecule has 1 amide bonds. The number of carbonyl (C=O) groups excluding carboxylic acids is 2. The number of hydrogen-bond donors (Lipinski definition) is 1. The zero-order chi connectivity index (χ0) is 20.7. The van der Waals surface area contributed by atoms with E-state index in [1.165, 1.54) is 22.7 Å². The average Bonchev–Trinajstić information content (AvgIpc) is 3.17. The summed E-state index contributed by atoms with van der Waals surface area (Å²) in [4.78, 5) is 33.9. The minimum Gasteiger partial charge on any atom is -0.301 e. The number of nitrogens with one attached hydrogen (secondary N) is 1. The largest absolute Gasteiger partial charge is 0.301 e. The third-order valence-electron chi connectivity index (χ3n) is 5.32. The number of Topliss-reactive ketones (excluding diaryl/α,β-unsaturated/α-hetero) is 1. The summed E-state index contributed by atoms with van der Waals surface area (Å²) in [6.07, 6.45) is 1.89. The molecule has 30 heavy (non-hydrogen) atoms. The normalized spacial score (nSPS) is 14.6. The lowest BCUT2D eigenvalue weighted by molar-refractivity contribution is -0.118. The van der Waals surface area contributed by atoms with Crippen LogP contribution in [0, 0.1) is 0 Å². The van der Waals surface area contributed by atoms with Gasteiger partial charge in [-0.1, -0.05) is 41.1 Å². The van der Waals surface area contributed by atoms with Gasteiger partial charge in [-0.25, -0.2) is 9.97 Å². The second-order valence-corrected chi connectivity index (χ2v) is 9.53. The monoisotopic (exact) mass is 453 g/mol. The van der Waals surface area contributed by atoms with Crippen LogP contribution in [0.5, 0.6) is 0 Å². The second-order valence-electron chi connectivity index (χ2n) is 7.34. The molecule has 0 unspecified atom stereocenters. The molecule has 1 saturated carbocycles. The molecule has 5 nitrogen and oxygen atoms in total. The number of ketones is 1. The van der Waals surface area contributed by atoms with Crippen LogP contribution in [0.1, 0.15) is 34.5 Å². The average molecular weight is 454 g/mol. The molecular formula is C22H16ClN3O2S2. The Morgan fingerprint density at radius 2 is 2.03 bits per heavy atom. The van der Waals surface area contributed by atoms with Gasteiger partial charge in [0.15, 0.2) is 10.9 Å². The van der Waals surface area contributed by atoms with Gasteiger partial charge in [0, 0.05) is 16.8 Å². The summed E-state index contributed by atoms with van der Waals surface area (Å²) in [6, 6.07) is 13.2. The van der Waals surface area contributed by atoms with E-state index in [1.807, 2.05) is 42.5 Å². The molecule has 1 aliphatic carbocycles. The van der Waals surface area contributed by atoms with Crippen molar-refractivity contribution in [3.63, 3.8) is 0 Å². The molecule has 2 aromatic heterocycles. The first-order valence-electron chi connectivity index (χ1n) is 9.42. The quantitative estimate of drug-likeness (QED) is 0.391. The lowest BCUT2D eigenvalue weighted by atomic mass is 9.95. The Kier molecular flexibility index (Phi) is 4.89. The summed E-state index contributed by atoms with van der Waals surface area (Å²) in [5.74, 6) is -0.0615. The number of thiazole rings is 2. The third-order valence-corrected chi connectivity index (χ3v) is 7.07. The molecule has 8 heteroatoms. The number of aromatic nitrogens is 2. The Morgan fingerprint density at radius 3 is 2.77 bits per heavy atom. The van der Waals surface area contributed by atoms with Crippen molar-refractivity contribution in [1.82, 2.24) is 9.97 Å². The zero-order valence-electron chi connectivity index (χ0n) is 15.7. The number of nitrogens with zero attached hydrogens (tertiary/aromatic N) is 2. The molecule has 150 valence electrons. The highest BCUT2D eigenvalue weighted by atomic mass is 35.5. The van der Waals surface area contributed by atoms with Crippen LogP contribution < -0.4 is 5.32 Å². The minimum atomic E-state index is -0.520. The molecule has 5 rings (SSSR count). The Hall–Kier alpha value is -2.61. The van der Waals surface area contributed by atoms with Gasteiger partial charge < -0.3 is 5.32 Å². The van der Waals surface area contributed by atoms with Crippen LogP contribution in [0.2, 0.25) is 5.02 Å². The summed E-state index contributed by atoms with van der Waals surface area (Å²) >= 11 is 8.93. The van der Waals surface area contributed by atoms with E-state index in [1.54, 1.807) is 10.9 Å². The summed E-state index contributed by atoms with van der Waals surface area (Å²) in [7, 11) is 0. The Balaban J connectivity index is 1.34. The fourth-order valence-electron chi connectivity index (χ4n) is 3.53. The van der Waals surface area contributed by atoms with E-state index in [2.05, 4.69) is 15.3 Å². The highest BCUT2D eigenvalue weighted by Gasteiger charge is 2.51. The van der Waals surface area contributed by atoms with Gasteiger partial charge in [0.1, 0.15) is 5.69 Å². The van der Waals surface area contributed by atoms with Gasteiger partial charge in [-0.3, -0.25) is 9.59 Å². The minimum absolute atomic E-state index is 0.00848. The van der Waals surface area contributed by atoms with E-state index in [4.69, 9.17) is 11.6 Å². The topological polar surface area (TPSA) is 72.0 Å². The molecule has 0 aliphatic heterocycles. The van der Waals surface area contributed by atoms with Crippen molar-refractivity contribution in [2.45, 2.75) is 24.7 Å². The van der Waals surface area contributed by atoms with Crippen molar-refractivity contribution in [3.8, 4) is 0 Å². The predicted octanol–water partition coefficient (Wildman–Crippen LogP) is 5.50. The number of benzene rings is 2. The van der Waals surface area contributed by atoms with Crippen molar-refractivity contribution < 1.29 is 9.59 Å². The van der Waals surface area contributed by atoms with E-state index in [0.717, 1.165) is 34.2 Å². The SMILES string of the molecule is O=C(Cc1ccc2nc(NC(=O)C3(c4cccc(Cl)c4)CC3)sc2c1)c1cscn1. The molecule has 0 radical (unpaired) electrons. The highest BCUT2D eigenvalue weighted by molar-refractivity contribution is 7.22. The van der Waals surface area contributed by atoms with E-state index in [0.29, 0.717) is 15.8 Å². The number of hydrogen-bond acceptors (Lipinski definition) is 6. The van der Waals surface area contributed by atoms with Crippen molar-refractivity contribution in [1.29, 1.82) is 0 Å². The Labute approximate surface area is 185 Å². The lowest BCUT2D eigenvalue weighted by Gasteiger charge is -2.14. The third kappa shape index (κ3) is 3.64. The number of anilines is 1. The number of carbonyl (C=O) groups is 2. The zero-order valence-corrected chi connectivity index (χ0v) is 18.1. The second kappa shape index (κ2) is 7.58. The molecule has 0 bridgehead atoms. The van der Waals surface area contributed by atoms with Gasteiger partial charge in [0.2, 0.25) is 5.91 Å². The Bertz CT molecular complexity index is 1260. The van der Waals surface area contributed by atoms with E-state index in [9.17, 15) is 9.59 Å². The first-order valence-corrected chi connectivity index (χ1v) is 11.6. The number of amides is 1. The number of halogens is 1. The molecule has 0 atom stereocenters. The molecular weight excluding hydrogens is 438 g/mol. The van der Waals surface area contributed by atoms with Crippen molar-refractivity contribution in [2.24, 2.45) is 0 Å². The van der Waals surface area contributed by atoms with E-state index in [-0.39, 0.29) is 18.1 Å². The summed E-state index contributed by atoms with van der Waals surface area (Å²) in [5, 5.41) is 5.94. The maximum Gasteiger partial charge on any atom is 0.236 e. The first-order chi connectivity index (χ1) is 14.5. The van der Waals surface area contributed by atoms with Crippen LogP contribution in [-0.4, -0.2) is 21.7 Å². The van der Waals surface area contributed by atoms with Crippen molar-refractivity contribution in [3.05, 3.63) is 75.2 Å². The van der Waals surface area contributed by atoms with Crippen LogP contribution >= 0.6 is 34.3 Å². The van der Waals surface area contributed by atoms with Gasteiger partial charge in [-0.05, 0) is 48.2 Å². The van der Waals surface area contributed by atoms with Crippen LogP contribution in [-0.2, 0) is 16.6 Å². The Morgan fingerprint density at radius 1 is 1.17 bits per heavy atom. The predicted molar refractivity (Wildman–Crippen MR) is 121 cm³/mol. The van der Waals surface area contributed by atoms with Crippen molar-refractivity contribution >= 4 is 61.3 Å². The molecule has 2 aromatic carbocycles. The van der Waals surface area contributed by atoms with Gasteiger partial charge in [-0.2, -0.15) is 0 Å². The maximum absolute atomic E-state index is 13.0. The maximum atomic E-state index is 13.0. The molecule has 1 fully saturated rings. The molecule has 1 N–H and O–H groups in total. The fourth-order valence-corrected chi connectivity index (χ4v) is 5.20. The van der Waals surface area contributed by atoms with Gasteiger partial charge in [0.05, 0.1) is 21.1 Å². The molecule has 0 saturated heterocycles. The molecule has 4 aromatic rings. The standard InChI is InChI=1S/C22H16ClN3O2S2/c23-15-3-1-2-14(10-15)22(6-7-22)20(28)26-21-25-16-5-4-13(9-19(16)30-21)8-18(27)17-11-29-12-24-17/h1-5,9-12H,6-8H2,(H,25,26,28). The van der Waals surface area contributed by atoms with E-state index < -0.39 is 5.41 Å². The van der Waals surface area contributed by atoms with Crippen LogP contribution in [0.25, 0.3) is 10.2 Å².